The molecule has 10 heteroatoms. The predicted octanol–water partition coefficient (Wildman–Crippen LogP) is 4.04. The molecule has 1 N–H and O–H groups in total. The first-order valence-electron chi connectivity index (χ1n) is 11.8. The molecule has 1 saturated carbocycles. The van der Waals surface area contributed by atoms with E-state index in [1.165, 1.54) is 11.3 Å². The van der Waals surface area contributed by atoms with Crippen LogP contribution in [-0.4, -0.2) is 50.9 Å². The fourth-order valence-electron chi connectivity index (χ4n) is 4.84. The molecule has 182 valence electrons. The van der Waals surface area contributed by atoms with E-state index in [1.54, 1.807) is 10.9 Å². The molecule has 1 aliphatic carbocycles. The summed E-state index contributed by atoms with van der Waals surface area (Å²) < 4.78 is 39.2. The molecule has 2 aromatic rings. The van der Waals surface area contributed by atoms with Crippen molar-refractivity contribution < 1.29 is 18.0 Å². The molecule has 2 aromatic heterocycles. The van der Waals surface area contributed by atoms with Gasteiger partial charge in [0.1, 0.15) is 0 Å². The number of thiazole rings is 1. The molecule has 0 spiro atoms. The van der Waals surface area contributed by atoms with E-state index in [2.05, 4.69) is 20.3 Å². The molecule has 2 aliphatic rings. The van der Waals surface area contributed by atoms with Crippen molar-refractivity contribution in [3.63, 3.8) is 0 Å². The number of carbonyl (C=O) groups is 1. The van der Waals surface area contributed by atoms with Gasteiger partial charge in [-0.25, -0.2) is 4.98 Å². The molecule has 0 unspecified atom stereocenters. The predicted molar refractivity (Wildman–Crippen MR) is 121 cm³/mol. The number of nitrogens with one attached hydrogen (secondary N) is 1. The second-order valence-electron chi connectivity index (χ2n) is 9.39. The van der Waals surface area contributed by atoms with E-state index in [1.807, 2.05) is 13.2 Å². The minimum atomic E-state index is -4.13. The zero-order valence-electron chi connectivity index (χ0n) is 19.0. The zero-order valence-corrected chi connectivity index (χ0v) is 19.9. The lowest BCUT2D eigenvalue weighted by molar-refractivity contribution is -0.134. The fourth-order valence-corrected chi connectivity index (χ4v) is 5.91. The lowest BCUT2D eigenvalue weighted by atomic mass is 9.84. The second kappa shape index (κ2) is 10.5. The smallest absolute Gasteiger partial charge is 0.353 e. The Bertz CT molecular complexity index is 933. The number of hydrogen-bond acceptors (Lipinski definition) is 5. The van der Waals surface area contributed by atoms with Crippen molar-refractivity contribution in [1.82, 2.24) is 25.0 Å². The maximum absolute atomic E-state index is 12.5. The Labute approximate surface area is 196 Å². The van der Waals surface area contributed by atoms with Crippen molar-refractivity contribution in [1.29, 1.82) is 0 Å². The van der Waals surface area contributed by atoms with Crippen LogP contribution in [0.3, 0.4) is 0 Å². The van der Waals surface area contributed by atoms with Crippen LogP contribution in [0.25, 0.3) is 0 Å². The number of rotatable bonds is 8. The Morgan fingerprint density at radius 1 is 1.27 bits per heavy atom. The first-order valence-corrected chi connectivity index (χ1v) is 12.6. The molecule has 1 amide bonds. The monoisotopic (exact) mass is 483 g/mol. The lowest BCUT2D eigenvalue weighted by Crippen LogP contribution is -2.39. The number of aryl methyl sites for hydroxylation is 2. The highest BCUT2D eigenvalue weighted by atomic mass is 32.1. The fraction of sp³-hybridized carbons (Fsp3) is 0.696. The van der Waals surface area contributed by atoms with Gasteiger partial charge in [-0.3, -0.25) is 14.4 Å². The number of hydrogen-bond donors (Lipinski definition) is 1. The highest BCUT2D eigenvalue weighted by Crippen LogP contribution is 2.30. The second-order valence-corrected chi connectivity index (χ2v) is 10.6. The molecule has 33 heavy (non-hydrogen) atoms. The number of fused-ring (bicyclic) bond motifs is 1. The van der Waals surface area contributed by atoms with E-state index in [4.69, 9.17) is 0 Å². The quantitative estimate of drug-likeness (QED) is 0.616. The first-order chi connectivity index (χ1) is 15.7. The van der Waals surface area contributed by atoms with Crippen LogP contribution in [0.1, 0.15) is 59.7 Å². The van der Waals surface area contributed by atoms with E-state index in [0.717, 1.165) is 74.3 Å². The van der Waals surface area contributed by atoms with Crippen LogP contribution in [0.2, 0.25) is 0 Å². The van der Waals surface area contributed by atoms with Gasteiger partial charge in [0, 0.05) is 50.1 Å². The standard InChI is InChI=1S/C23H32F3N5OS/c1-30-14-17(13-27-30)12-21(32)28-18-4-2-16(3-5-18)7-10-31-11-8-20-19(15-31)29-22(33-20)6-9-23(24,25)26/h13-14,16,18H,2-12,15H2,1H3,(H,28,32)/t16-,18-. The van der Waals surface area contributed by atoms with Gasteiger partial charge in [0.2, 0.25) is 5.91 Å². The van der Waals surface area contributed by atoms with Gasteiger partial charge in [0.05, 0.1) is 23.3 Å². The van der Waals surface area contributed by atoms with Gasteiger partial charge in [0.15, 0.2) is 0 Å². The summed E-state index contributed by atoms with van der Waals surface area (Å²) in [5.74, 6) is 0.726. The largest absolute Gasteiger partial charge is 0.389 e. The summed E-state index contributed by atoms with van der Waals surface area (Å²) in [5, 5.41) is 7.89. The van der Waals surface area contributed by atoms with Crippen molar-refractivity contribution in [2.75, 3.05) is 13.1 Å². The van der Waals surface area contributed by atoms with Crippen LogP contribution in [0.4, 0.5) is 13.2 Å². The molecule has 0 aromatic carbocycles. The van der Waals surface area contributed by atoms with E-state index in [0.29, 0.717) is 17.3 Å². The number of aromatic nitrogens is 3. The van der Waals surface area contributed by atoms with Gasteiger partial charge in [-0.2, -0.15) is 18.3 Å². The molecule has 0 bridgehead atoms. The number of alkyl halides is 3. The van der Waals surface area contributed by atoms with Crippen LogP contribution in [0.15, 0.2) is 12.4 Å². The number of nitrogens with zero attached hydrogens (tertiary/aromatic N) is 4. The van der Waals surface area contributed by atoms with Crippen molar-refractivity contribution in [3.8, 4) is 0 Å². The summed E-state index contributed by atoms with van der Waals surface area (Å²) in [7, 11) is 1.85. The number of carbonyl (C=O) groups excluding carboxylic acids is 1. The maximum Gasteiger partial charge on any atom is 0.389 e. The van der Waals surface area contributed by atoms with Crippen molar-refractivity contribution in [2.24, 2.45) is 13.0 Å². The molecule has 4 rings (SSSR count). The molecule has 0 saturated heterocycles. The normalized spacial score (nSPS) is 21.7. The minimum absolute atomic E-state index is 0.0107. The van der Waals surface area contributed by atoms with Crippen LogP contribution >= 0.6 is 11.3 Å². The Morgan fingerprint density at radius 3 is 2.76 bits per heavy atom. The zero-order chi connectivity index (χ0) is 23.4. The average molecular weight is 484 g/mol. The van der Waals surface area contributed by atoms with Gasteiger partial charge in [-0.1, -0.05) is 0 Å². The van der Waals surface area contributed by atoms with E-state index < -0.39 is 12.6 Å². The molecule has 1 aliphatic heterocycles. The van der Waals surface area contributed by atoms with Gasteiger partial charge < -0.3 is 5.32 Å². The Morgan fingerprint density at radius 2 is 2.06 bits per heavy atom. The number of amides is 1. The van der Waals surface area contributed by atoms with Crippen LogP contribution in [0, 0.1) is 5.92 Å². The Balaban J connectivity index is 1.15. The van der Waals surface area contributed by atoms with E-state index in [9.17, 15) is 18.0 Å². The van der Waals surface area contributed by atoms with Crippen molar-refractivity contribution in [3.05, 3.63) is 33.5 Å². The van der Waals surface area contributed by atoms with Crippen LogP contribution < -0.4 is 5.32 Å². The lowest BCUT2D eigenvalue weighted by Gasteiger charge is -2.32. The summed E-state index contributed by atoms with van der Waals surface area (Å²) >= 11 is 1.45. The van der Waals surface area contributed by atoms with Crippen molar-refractivity contribution in [2.45, 2.75) is 76.6 Å². The molecule has 0 radical (unpaired) electrons. The number of halogens is 3. The summed E-state index contributed by atoms with van der Waals surface area (Å²) in [6, 6.07) is 0.257. The highest BCUT2D eigenvalue weighted by molar-refractivity contribution is 7.11. The van der Waals surface area contributed by atoms with Gasteiger partial charge in [-0.15, -0.1) is 11.3 Å². The molecule has 0 atom stereocenters. The van der Waals surface area contributed by atoms with Gasteiger partial charge >= 0.3 is 6.18 Å². The van der Waals surface area contributed by atoms with Gasteiger partial charge in [-0.05, 0) is 56.6 Å². The SMILES string of the molecule is Cn1cc(CC(=O)N[C@H]2CC[C@H](CCN3CCc4sc(CCC(F)(F)F)nc4C3)CC2)cn1. The summed E-state index contributed by atoms with van der Waals surface area (Å²) in [5.41, 5.74) is 1.91. The molecular weight excluding hydrogens is 451 g/mol. The average Bonchev–Trinajstić information content (AvgIpc) is 3.36. The third-order valence-corrected chi connectivity index (χ3v) is 7.88. The summed E-state index contributed by atoms with van der Waals surface area (Å²) in [6.45, 7) is 2.70. The van der Waals surface area contributed by atoms with Crippen LogP contribution in [0.5, 0.6) is 0 Å². The first kappa shape index (κ1) is 24.2. The topological polar surface area (TPSA) is 63.1 Å². The summed E-state index contributed by atoms with van der Waals surface area (Å²) in [4.78, 5) is 20.3. The van der Waals surface area contributed by atoms with Crippen molar-refractivity contribution >= 4 is 17.2 Å². The van der Waals surface area contributed by atoms with E-state index >= 15 is 0 Å². The maximum atomic E-state index is 12.5. The third kappa shape index (κ3) is 7.27. The minimum Gasteiger partial charge on any atom is -0.353 e. The van der Waals surface area contributed by atoms with Crippen LogP contribution in [-0.2, 0) is 37.6 Å². The summed E-state index contributed by atoms with van der Waals surface area (Å²) in [6.07, 6.45) is 5.32. The Kier molecular flexibility index (Phi) is 7.73. The molecule has 3 heterocycles. The molecule has 6 nitrogen and oxygen atoms in total. The third-order valence-electron chi connectivity index (χ3n) is 6.66. The van der Waals surface area contributed by atoms with E-state index in [-0.39, 0.29) is 18.4 Å². The van der Waals surface area contributed by atoms with Gasteiger partial charge in [0.25, 0.3) is 0 Å². The Hall–Kier alpha value is -1.94. The molecule has 1 fully saturated rings. The molecular formula is C23H32F3N5OS. The highest BCUT2D eigenvalue weighted by Gasteiger charge is 2.29.